The van der Waals surface area contributed by atoms with Crippen molar-refractivity contribution < 1.29 is 0 Å². The lowest BCUT2D eigenvalue weighted by Gasteiger charge is -2.42. The third-order valence-corrected chi connectivity index (χ3v) is 14.7. The summed E-state index contributed by atoms with van der Waals surface area (Å²) in [6.07, 6.45) is 2.17. The Hall–Kier alpha value is -4.72. The number of rotatable bonds is 5. The summed E-state index contributed by atoms with van der Waals surface area (Å²) in [5, 5.41) is 4.37. The molecule has 8 rings (SSSR count). The van der Waals surface area contributed by atoms with E-state index in [0.29, 0.717) is 0 Å². The minimum absolute atomic E-state index is 0.156. The van der Waals surface area contributed by atoms with Gasteiger partial charge in [0.05, 0.1) is 0 Å². The van der Waals surface area contributed by atoms with Crippen molar-refractivity contribution in [1.29, 1.82) is 0 Å². The molecule has 0 saturated heterocycles. The van der Waals surface area contributed by atoms with Gasteiger partial charge in [0, 0.05) is 11.5 Å². The van der Waals surface area contributed by atoms with Crippen LogP contribution in [-0.4, -0.2) is 8.07 Å². The van der Waals surface area contributed by atoms with Gasteiger partial charge in [-0.15, -0.1) is 6.58 Å². The first-order chi connectivity index (χ1) is 20.3. The monoisotopic (exact) mass is 538 g/mol. The Morgan fingerprint density at radius 1 is 0.439 bits per heavy atom. The summed E-state index contributed by atoms with van der Waals surface area (Å²) in [6.45, 7) is 4.39. The van der Waals surface area contributed by atoms with Crippen molar-refractivity contribution in [3.8, 4) is 22.3 Å². The van der Waals surface area contributed by atoms with E-state index in [1.165, 1.54) is 60.1 Å². The third-order valence-electron chi connectivity index (χ3n) is 9.39. The molecule has 2 aliphatic carbocycles. The van der Waals surface area contributed by atoms with Crippen molar-refractivity contribution in [2.24, 2.45) is 0 Å². The zero-order chi connectivity index (χ0) is 27.4. The summed E-state index contributed by atoms with van der Waals surface area (Å²) in [4.78, 5) is 0. The zero-order valence-electron chi connectivity index (χ0n) is 22.9. The molecule has 0 heterocycles. The lowest BCUT2D eigenvalue weighted by Crippen LogP contribution is -2.71. The maximum absolute atomic E-state index is 4.39. The van der Waals surface area contributed by atoms with Crippen LogP contribution in [0.5, 0.6) is 0 Å². The minimum atomic E-state index is -2.80. The molecule has 1 heteroatoms. The van der Waals surface area contributed by atoms with Crippen LogP contribution in [-0.2, 0) is 0 Å². The van der Waals surface area contributed by atoms with Gasteiger partial charge < -0.3 is 0 Å². The first-order valence-electron chi connectivity index (χ1n) is 14.5. The van der Waals surface area contributed by atoms with Gasteiger partial charge in [-0.2, -0.15) is 0 Å². The highest BCUT2D eigenvalue weighted by molar-refractivity contribution is 7.13. The van der Waals surface area contributed by atoms with Crippen LogP contribution >= 0.6 is 0 Å². The molecular weight excluding hydrogens is 509 g/mol. The van der Waals surface area contributed by atoms with Crippen molar-refractivity contribution in [2.75, 3.05) is 0 Å². The molecule has 0 nitrogen and oxygen atoms in total. The van der Waals surface area contributed by atoms with E-state index in [-0.39, 0.29) is 11.5 Å². The molecule has 0 fully saturated rings. The van der Waals surface area contributed by atoms with E-state index in [1.807, 2.05) is 0 Å². The summed E-state index contributed by atoms with van der Waals surface area (Å²) in [7, 11) is -2.80. The Labute approximate surface area is 243 Å². The molecule has 1 unspecified atom stereocenters. The van der Waals surface area contributed by atoms with Crippen LogP contribution < -0.4 is 15.6 Å². The normalized spacial score (nSPS) is 15.1. The minimum Gasteiger partial charge on any atom is -0.102 e. The molecule has 41 heavy (non-hydrogen) atoms. The second-order valence-electron chi connectivity index (χ2n) is 11.2. The lowest BCUT2D eigenvalue weighted by atomic mass is 9.97. The molecule has 1 atom stereocenters. The van der Waals surface area contributed by atoms with Crippen molar-refractivity contribution in [2.45, 2.75) is 11.5 Å². The molecule has 0 spiro atoms. The molecule has 0 N–H and O–H groups in total. The van der Waals surface area contributed by atoms with Gasteiger partial charge in [0.2, 0.25) is 0 Å². The van der Waals surface area contributed by atoms with Gasteiger partial charge in [-0.05, 0) is 60.1 Å². The summed E-state index contributed by atoms with van der Waals surface area (Å²) >= 11 is 0. The quantitative estimate of drug-likeness (QED) is 0.119. The van der Waals surface area contributed by atoms with Crippen LogP contribution in [0.1, 0.15) is 33.7 Å². The largest absolute Gasteiger partial charge is 0.160 e. The number of benzene rings is 6. The Morgan fingerprint density at radius 3 is 1.41 bits per heavy atom. The van der Waals surface area contributed by atoms with E-state index in [1.54, 1.807) is 0 Å². The fraction of sp³-hybridized carbons (Fsp3) is 0.0500. The lowest BCUT2D eigenvalue weighted by molar-refractivity contribution is 1.08. The van der Waals surface area contributed by atoms with Crippen LogP contribution in [0.3, 0.4) is 0 Å². The Balaban J connectivity index is 1.57. The molecule has 0 bridgehead atoms. The molecule has 6 aromatic rings. The van der Waals surface area contributed by atoms with Gasteiger partial charge in [-0.3, -0.25) is 0 Å². The Bertz CT molecular complexity index is 1830. The van der Waals surface area contributed by atoms with E-state index < -0.39 is 8.07 Å². The molecule has 0 amide bonds. The standard InChI is InChI=1S/C40H30Si/c1-2-30-31-20-9-10-21-32(31)35-26-15-27-38(39(30)35)41(28-16-5-3-6-17-28,29-18-7-4-8-19-29)40-36-24-13-11-22-33(36)34-23-12-14-25-37(34)40/h2-27,30,40H,1H2. The van der Waals surface area contributed by atoms with Crippen molar-refractivity contribution in [1.82, 2.24) is 0 Å². The van der Waals surface area contributed by atoms with E-state index in [2.05, 4.69) is 164 Å². The molecule has 6 aromatic carbocycles. The number of allylic oxidation sites excluding steroid dienone is 1. The maximum Gasteiger partial charge on any atom is 0.160 e. The molecule has 0 radical (unpaired) electrons. The maximum atomic E-state index is 4.39. The molecule has 0 aliphatic heterocycles. The molecule has 0 aromatic heterocycles. The summed E-state index contributed by atoms with van der Waals surface area (Å²) < 4.78 is 0. The second kappa shape index (κ2) is 9.44. The number of hydrogen-bond donors (Lipinski definition) is 0. The first-order valence-corrected chi connectivity index (χ1v) is 16.6. The van der Waals surface area contributed by atoms with Gasteiger partial charge >= 0.3 is 0 Å². The van der Waals surface area contributed by atoms with Crippen LogP contribution in [0, 0.1) is 0 Å². The van der Waals surface area contributed by atoms with Crippen molar-refractivity contribution >= 4 is 23.6 Å². The Morgan fingerprint density at radius 2 is 0.878 bits per heavy atom. The van der Waals surface area contributed by atoms with Crippen LogP contribution in [0.4, 0.5) is 0 Å². The predicted molar refractivity (Wildman–Crippen MR) is 175 cm³/mol. The number of hydrogen-bond acceptors (Lipinski definition) is 0. The Kier molecular flexibility index (Phi) is 5.55. The summed E-state index contributed by atoms with van der Waals surface area (Å²) in [5.41, 5.74) is 11.3. The average molecular weight is 539 g/mol. The van der Waals surface area contributed by atoms with Gasteiger partial charge in [0.1, 0.15) is 0 Å². The molecule has 194 valence electrons. The van der Waals surface area contributed by atoms with Crippen LogP contribution in [0.2, 0.25) is 0 Å². The van der Waals surface area contributed by atoms with Gasteiger partial charge in [-0.25, -0.2) is 0 Å². The van der Waals surface area contributed by atoms with Crippen LogP contribution in [0.25, 0.3) is 22.3 Å². The summed E-state index contributed by atoms with van der Waals surface area (Å²) in [5.74, 6) is 0.156. The SMILES string of the molecule is C=CC1c2ccccc2-c2cccc([Si](c3ccccc3)(c3ccccc3)C3c4ccccc4-c4ccccc43)c21. The van der Waals surface area contributed by atoms with Crippen LogP contribution in [0.15, 0.2) is 164 Å². The molecule has 2 aliphatic rings. The van der Waals surface area contributed by atoms with Gasteiger partial charge in [0.25, 0.3) is 0 Å². The summed E-state index contributed by atoms with van der Waals surface area (Å²) in [6, 6.07) is 57.1. The van der Waals surface area contributed by atoms with E-state index in [9.17, 15) is 0 Å². The highest BCUT2D eigenvalue weighted by Crippen LogP contribution is 2.51. The second-order valence-corrected chi connectivity index (χ2v) is 15.1. The first kappa shape index (κ1) is 24.1. The van der Waals surface area contributed by atoms with Gasteiger partial charge in [-0.1, -0.05) is 158 Å². The smallest absolute Gasteiger partial charge is 0.102 e. The zero-order valence-corrected chi connectivity index (χ0v) is 23.9. The fourth-order valence-electron chi connectivity index (χ4n) is 7.88. The molecular formula is C40H30Si. The predicted octanol–water partition coefficient (Wildman–Crippen LogP) is 7.81. The van der Waals surface area contributed by atoms with E-state index >= 15 is 0 Å². The van der Waals surface area contributed by atoms with E-state index in [4.69, 9.17) is 0 Å². The topological polar surface area (TPSA) is 0 Å². The highest BCUT2D eigenvalue weighted by Gasteiger charge is 2.53. The highest BCUT2D eigenvalue weighted by atomic mass is 28.3. The average Bonchev–Trinajstić information content (AvgIpc) is 3.56. The molecule has 0 saturated carbocycles. The third kappa shape index (κ3) is 3.33. The number of fused-ring (bicyclic) bond motifs is 6. The fourth-order valence-corrected chi connectivity index (χ4v) is 13.8. The van der Waals surface area contributed by atoms with Gasteiger partial charge in [0.15, 0.2) is 8.07 Å². The van der Waals surface area contributed by atoms with E-state index in [0.717, 1.165) is 0 Å². The van der Waals surface area contributed by atoms with Crippen molar-refractivity contribution in [3.63, 3.8) is 0 Å². The van der Waals surface area contributed by atoms with Crippen molar-refractivity contribution in [3.05, 3.63) is 187 Å².